The van der Waals surface area contributed by atoms with Gasteiger partial charge in [0.05, 0.1) is 30.8 Å². The second kappa shape index (κ2) is 5.09. The van der Waals surface area contributed by atoms with Gasteiger partial charge in [0.2, 0.25) is 11.8 Å². The lowest BCUT2D eigenvalue weighted by atomic mass is 10.0. The van der Waals surface area contributed by atoms with Crippen LogP contribution >= 0.6 is 0 Å². The third-order valence-corrected chi connectivity index (χ3v) is 2.99. The third kappa shape index (κ3) is 2.72. The minimum atomic E-state index is -1.08. The van der Waals surface area contributed by atoms with Crippen molar-refractivity contribution >= 4 is 17.8 Å². The largest absolute Gasteiger partial charge is 0.480 e. The molecule has 1 aliphatic heterocycles. The second-order valence-corrected chi connectivity index (χ2v) is 4.32. The highest BCUT2D eigenvalue weighted by atomic mass is 16.4. The molecule has 1 aromatic heterocycles. The Morgan fingerprint density at radius 2 is 2.32 bits per heavy atom. The van der Waals surface area contributed by atoms with Gasteiger partial charge in [-0.1, -0.05) is 0 Å². The zero-order valence-electron chi connectivity index (χ0n) is 10.3. The maximum Gasteiger partial charge on any atom is 0.326 e. The number of carboxylic acid groups (broad SMARTS) is 1. The number of hydrogen-bond donors (Lipinski definition) is 3. The van der Waals surface area contributed by atoms with Crippen LogP contribution < -0.4 is 5.32 Å². The molecule has 2 amide bonds. The summed E-state index contributed by atoms with van der Waals surface area (Å²) >= 11 is 0. The van der Waals surface area contributed by atoms with E-state index in [0.29, 0.717) is 5.69 Å². The zero-order valence-corrected chi connectivity index (χ0v) is 10.3. The van der Waals surface area contributed by atoms with Gasteiger partial charge in [0.15, 0.2) is 0 Å². The smallest absolute Gasteiger partial charge is 0.326 e. The Kier molecular flexibility index (Phi) is 3.50. The number of aromatic amines is 1. The molecule has 0 fully saturated rings. The second-order valence-electron chi connectivity index (χ2n) is 4.32. The Bertz CT molecular complexity index is 525. The molecular weight excluding hydrogens is 252 g/mol. The van der Waals surface area contributed by atoms with Crippen molar-refractivity contribution in [1.29, 1.82) is 0 Å². The molecule has 1 aromatic rings. The summed E-state index contributed by atoms with van der Waals surface area (Å²) in [5, 5.41) is 11.5. The number of aliphatic carboxylic acids is 1. The van der Waals surface area contributed by atoms with Crippen molar-refractivity contribution in [2.45, 2.75) is 25.9 Å². The minimum Gasteiger partial charge on any atom is -0.480 e. The summed E-state index contributed by atoms with van der Waals surface area (Å²) in [5.41, 5.74) is 1.39. The lowest BCUT2D eigenvalue weighted by Gasteiger charge is -2.32. The third-order valence-electron chi connectivity index (χ3n) is 2.99. The van der Waals surface area contributed by atoms with Crippen molar-refractivity contribution in [3.8, 4) is 0 Å². The molecule has 2 heterocycles. The van der Waals surface area contributed by atoms with Gasteiger partial charge in [-0.25, -0.2) is 9.78 Å². The molecule has 3 N–H and O–H groups in total. The van der Waals surface area contributed by atoms with Gasteiger partial charge in [0, 0.05) is 13.3 Å². The van der Waals surface area contributed by atoms with Crippen molar-refractivity contribution in [1.82, 2.24) is 20.2 Å². The van der Waals surface area contributed by atoms with Crippen LogP contribution in [0.15, 0.2) is 6.33 Å². The van der Waals surface area contributed by atoms with Crippen molar-refractivity contribution in [3.63, 3.8) is 0 Å². The van der Waals surface area contributed by atoms with Crippen molar-refractivity contribution in [2.75, 3.05) is 6.54 Å². The normalized spacial score (nSPS) is 17.7. The number of nitrogens with zero attached hydrogens (tertiary/aromatic N) is 2. The van der Waals surface area contributed by atoms with Crippen LogP contribution in [-0.2, 0) is 27.3 Å². The lowest BCUT2D eigenvalue weighted by molar-refractivity contribution is -0.151. The highest BCUT2D eigenvalue weighted by Gasteiger charge is 2.35. The number of carbonyl (C=O) groups is 3. The summed E-state index contributed by atoms with van der Waals surface area (Å²) in [6.07, 6.45) is 1.64. The Balaban J connectivity index is 2.15. The lowest BCUT2D eigenvalue weighted by Crippen LogP contribution is -2.51. The van der Waals surface area contributed by atoms with E-state index in [0.717, 1.165) is 5.69 Å². The average molecular weight is 266 g/mol. The first kappa shape index (κ1) is 13.1. The molecule has 0 saturated heterocycles. The van der Waals surface area contributed by atoms with E-state index in [1.807, 2.05) is 0 Å². The molecule has 8 heteroatoms. The molecule has 8 nitrogen and oxygen atoms in total. The number of rotatable bonds is 3. The number of carboxylic acids is 1. The van der Waals surface area contributed by atoms with Crippen LogP contribution in [0.4, 0.5) is 0 Å². The fourth-order valence-electron chi connectivity index (χ4n) is 2.02. The number of fused-ring (bicyclic) bond motifs is 1. The summed E-state index contributed by atoms with van der Waals surface area (Å²) in [6.45, 7) is 1.25. The summed E-state index contributed by atoms with van der Waals surface area (Å²) in [5.74, 6) is -1.84. The summed E-state index contributed by atoms with van der Waals surface area (Å²) in [6, 6.07) is -0.947. The zero-order chi connectivity index (χ0) is 14.0. The van der Waals surface area contributed by atoms with Crippen LogP contribution in [-0.4, -0.2) is 50.3 Å². The predicted octanol–water partition coefficient (Wildman–Crippen LogP) is -1.12. The minimum absolute atomic E-state index is 0.157. The van der Waals surface area contributed by atoms with Gasteiger partial charge in [-0.3, -0.25) is 9.59 Å². The highest BCUT2D eigenvalue weighted by Crippen LogP contribution is 2.20. The van der Waals surface area contributed by atoms with E-state index >= 15 is 0 Å². The first-order valence-electron chi connectivity index (χ1n) is 5.77. The van der Waals surface area contributed by atoms with Crippen LogP contribution in [0.5, 0.6) is 0 Å². The molecule has 0 radical (unpaired) electrons. The Hall–Kier alpha value is -2.38. The first-order chi connectivity index (χ1) is 8.99. The fraction of sp³-hybridized carbons (Fsp3) is 0.455. The molecule has 0 bridgehead atoms. The van der Waals surface area contributed by atoms with Crippen LogP contribution in [0.2, 0.25) is 0 Å². The molecule has 0 aliphatic carbocycles. The van der Waals surface area contributed by atoms with E-state index in [9.17, 15) is 19.5 Å². The van der Waals surface area contributed by atoms with Crippen molar-refractivity contribution < 1.29 is 19.5 Å². The number of imidazole rings is 1. The highest BCUT2D eigenvalue weighted by molar-refractivity contribution is 5.87. The van der Waals surface area contributed by atoms with Gasteiger partial charge < -0.3 is 20.3 Å². The molecule has 1 unspecified atom stereocenters. The van der Waals surface area contributed by atoms with Gasteiger partial charge in [-0.2, -0.15) is 0 Å². The summed E-state index contributed by atoms with van der Waals surface area (Å²) in [7, 11) is 0. The van der Waals surface area contributed by atoms with E-state index in [2.05, 4.69) is 15.3 Å². The van der Waals surface area contributed by atoms with Crippen LogP contribution in [0, 0.1) is 0 Å². The number of H-pyrrole nitrogens is 1. The van der Waals surface area contributed by atoms with Gasteiger partial charge in [-0.05, 0) is 0 Å². The monoisotopic (exact) mass is 266 g/mol. The number of hydrogen-bond acceptors (Lipinski definition) is 4. The number of aromatic nitrogens is 2. The SMILES string of the molecule is CC(=O)NCC(=O)N1Cc2[nH]cnc2CC1C(=O)O. The summed E-state index contributed by atoms with van der Waals surface area (Å²) < 4.78 is 0. The van der Waals surface area contributed by atoms with E-state index in [4.69, 9.17) is 0 Å². The standard InChI is InChI=1S/C11H14N4O4/c1-6(16)12-3-10(17)15-4-8-7(13-5-14-8)2-9(15)11(18)19/h5,9H,2-4H2,1H3,(H,12,16)(H,13,14)(H,18,19). The molecule has 102 valence electrons. The molecule has 1 aliphatic rings. The van der Waals surface area contributed by atoms with E-state index in [-0.39, 0.29) is 25.4 Å². The molecule has 0 spiro atoms. The van der Waals surface area contributed by atoms with E-state index < -0.39 is 17.9 Å². The Labute approximate surface area is 108 Å². The van der Waals surface area contributed by atoms with Crippen LogP contribution in [0.25, 0.3) is 0 Å². The van der Waals surface area contributed by atoms with Gasteiger partial charge in [0.25, 0.3) is 0 Å². The van der Waals surface area contributed by atoms with Crippen molar-refractivity contribution in [3.05, 3.63) is 17.7 Å². The Morgan fingerprint density at radius 1 is 1.58 bits per heavy atom. The van der Waals surface area contributed by atoms with Gasteiger partial charge in [0.1, 0.15) is 6.04 Å². The molecular formula is C11H14N4O4. The van der Waals surface area contributed by atoms with Crippen molar-refractivity contribution in [2.24, 2.45) is 0 Å². The molecule has 2 rings (SSSR count). The average Bonchev–Trinajstić information content (AvgIpc) is 2.81. The van der Waals surface area contributed by atoms with Crippen LogP contribution in [0.3, 0.4) is 0 Å². The predicted molar refractivity (Wildman–Crippen MR) is 62.9 cm³/mol. The molecule has 0 aromatic carbocycles. The topological polar surface area (TPSA) is 115 Å². The Morgan fingerprint density at radius 3 is 2.95 bits per heavy atom. The van der Waals surface area contributed by atoms with Crippen LogP contribution in [0.1, 0.15) is 18.3 Å². The van der Waals surface area contributed by atoms with E-state index in [1.54, 1.807) is 0 Å². The first-order valence-corrected chi connectivity index (χ1v) is 5.77. The number of amides is 2. The number of carbonyl (C=O) groups excluding carboxylic acids is 2. The maximum atomic E-state index is 12.0. The molecule has 1 atom stereocenters. The number of nitrogens with one attached hydrogen (secondary N) is 2. The summed E-state index contributed by atoms with van der Waals surface area (Å²) in [4.78, 5) is 42.1. The van der Waals surface area contributed by atoms with E-state index in [1.165, 1.54) is 18.2 Å². The van der Waals surface area contributed by atoms with Gasteiger partial charge >= 0.3 is 5.97 Å². The fourth-order valence-corrected chi connectivity index (χ4v) is 2.02. The maximum absolute atomic E-state index is 12.0. The molecule has 0 saturated carbocycles. The van der Waals surface area contributed by atoms with Gasteiger partial charge in [-0.15, -0.1) is 0 Å². The molecule has 19 heavy (non-hydrogen) atoms. The quantitative estimate of drug-likeness (QED) is 0.641.